The summed E-state index contributed by atoms with van der Waals surface area (Å²) in [5, 5.41) is 9.60. The lowest BCUT2D eigenvalue weighted by Gasteiger charge is -2.06. The van der Waals surface area contributed by atoms with Gasteiger partial charge in [-0.25, -0.2) is 0 Å². The fourth-order valence-corrected chi connectivity index (χ4v) is 1.86. The second-order valence-electron chi connectivity index (χ2n) is 3.24. The molecule has 0 bridgehead atoms. The largest absolute Gasteiger partial charge is 0.507 e. The van der Waals surface area contributed by atoms with Crippen LogP contribution in [0.5, 0.6) is 5.75 Å². The Bertz CT molecular complexity index is 518. The summed E-state index contributed by atoms with van der Waals surface area (Å²) in [6.45, 7) is 5.12. The minimum Gasteiger partial charge on any atom is -0.507 e. The van der Waals surface area contributed by atoms with Gasteiger partial charge in [0.2, 0.25) is 0 Å². The number of aromatic hydroxyl groups is 1. The van der Waals surface area contributed by atoms with Crippen molar-refractivity contribution in [2.75, 3.05) is 0 Å². The zero-order valence-electron chi connectivity index (χ0n) is 8.71. The molecule has 1 aromatic rings. The zero-order chi connectivity index (χ0) is 12.3. The smallest absolute Gasteiger partial charge is 0.294 e. The summed E-state index contributed by atoms with van der Waals surface area (Å²) in [6, 6.07) is 2.29. The molecule has 0 saturated carbocycles. The number of rotatable bonds is 3. The second-order valence-corrected chi connectivity index (χ2v) is 4.66. The molecule has 16 heavy (non-hydrogen) atoms. The van der Waals surface area contributed by atoms with Gasteiger partial charge in [-0.05, 0) is 18.6 Å². The van der Waals surface area contributed by atoms with E-state index in [0.717, 1.165) is 6.07 Å². The van der Waals surface area contributed by atoms with Gasteiger partial charge in [0, 0.05) is 11.6 Å². The molecule has 0 fully saturated rings. The van der Waals surface area contributed by atoms with Crippen LogP contribution in [-0.2, 0) is 10.1 Å². The van der Waals surface area contributed by atoms with E-state index in [1.54, 1.807) is 19.1 Å². The third kappa shape index (κ3) is 2.71. The average molecular weight is 240 g/mol. The highest BCUT2D eigenvalue weighted by atomic mass is 32.2. The first-order valence-electron chi connectivity index (χ1n) is 4.46. The fourth-order valence-electron chi connectivity index (χ4n) is 1.28. The van der Waals surface area contributed by atoms with Gasteiger partial charge in [-0.2, -0.15) is 8.42 Å². The van der Waals surface area contributed by atoms with E-state index in [9.17, 15) is 13.5 Å². The maximum Gasteiger partial charge on any atom is 0.294 e. The van der Waals surface area contributed by atoms with Crippen LogP contribution in [0.4, 0.5) is 0 Å². The Morgan fingerprint density at radius 2 is 2.00 bits per heavy atom. The minimum absolute atomic E-state index is 0.203. The van der Waals surface area contributed by atoms with Gasteiger partial charge < -0.3 is 5.11 Å². The summed E-state index contributed by atoms with van der Waals surface area (Å²) in [5.74, 6) is -0.203. The summed E-state index contributed by atoms with van der Waals surface area (Å²) >= 11 is 0. The summed E-state index contributed by atoms with van der Waals surface area (Å²) in [4.78, 5) is -0.321. The van der Waals surface area contributed by atoms with Crippen LogP contribution in [0.15, 0.2) is 35.8 Å². The van der Waals surface area contributed by atoms with Gasteiger partial charge >= 0.3 is 0 Å². The standard InChI is InChI=1S/C11H12O4S/c1-3-4-5-10-8(2)6-9(7-11(10)12)16(13,14)15/h3-7,12H,1H2,2H3,(H,13,14,15)/b5-4-. The number of allylic oxidation sites excluding steroid dienone is 2. The number of hydrogen-bond acceptors (Lipinski definition) is 3. The van der Waals surface area contributed by atoms with Crippen LogP contribution in [0.3, 0.4) is 0 Å². The van der Waals surface area contributed by atoms with Crippen LogP contribution in [0, 0.1) is 6.92 Å². The predicted octanol–water partition coefficient (Wildman–Crippen LogP) is 2.15. The molecule has 0 aliphatic carbocycles. The first kappa shape index (κ1) is 12.5. The Kier molecular flexibility index (Phi) is 3.51. The fraction of sp³-hybridized carbons (Fsp3) is 0.0909. The van der Waals surface area contributed by atoms with E-state index in [0.29, 0.717) is 11.1 Å². The van der Waals surface area contributed by atoms with Gasteiger partial charge in [-0.15, -0.1) is 0 Å². The first-order chi connectivity index (χ1) is 7.36. The summed E-state index contributed by atoms with van der Waals surface area (Å²) < 4.78 is 30.6. The van der Waals surface area contributed by atoms with Crippen LogP contribution in [0.1, 0.15) is 11.1 Å². The number of aryl methyl sites for hydroxylation is 1. The minimum atomic E-state index is -4.29. The van der Waals surface area contributed by atoms with Crippen LogP contribution in [-0.4, -0.2) is 18.1 Å². The van der Waals surface area contributed by atoms with Crippen molar-refractivity contribution in [3.63, 3.8) is 0 Å². The van der Waals surface area contributed by atoms with Gasteiger partial charge in [-0.3, -0.25) is 4.55 Å². The SMILES string of the molecule is C=C/C=C\c1c(C)cc(S(=O)(=O)O)cc1O. The summed E-state index contributed by atoms with van der Waals surface area (Å²) in [6.07, 6.45) is 4.76. The van der Waals surface area contributed by atoms with Crippen LogP contribution in [0.2, 0.25) is 0 Å². The molecule has 1 rings (SSSR count). The van der Waals surface area contributed by atoms with Gasteiger partial charge in [-0.1, -0.05) is 24.8 Å². The highest BCUT2D eigenvalue weighted by molar-refractivity contribution is 7.85. The van der Waals surface area contributed by atoms with Crippen molar-refractivity contribution in [1.29, 1.82) is 0 Å². The van der Waals surface area contributed by atoms with Crippen molar-refractivity contribution >= 4 is 16.2 Å². The van der Waals surface area contributed by atoms with Gasteiger partial charge in [0.15, 0.2) is 0 Å². The molecule has 0 aromatic heterocycles. The van der Waals surface area contributed by atoms with E-state index in [2.05, 4.69) is 6.58 Å². The normalized spacial score (nSPS) is 11.9. The summed E-state index contributed by atoms with van der Waals surface area (Å²) in [5.41, 5.74) is 1.04. The van der Waals surface area contributed by atoms with Gasteiger partial charge in [0.05, 0.1) is 4.90 Å². The quantitative estimate of drug-likeness (QED) is 0.627. The predicted molar refractivity (Wildman–Crippen MR) is 61.9 cm³/mol. The van der Waals surface area contributed by atoms with Crippen molar-refractivity contribution in [3.8, 4) is 5.75 Å². The Hall–Kier alpha value is -1.59. The Labute approximate surface area is 94.3 Å². The molecular weight excluding hydrogens is 228 g/mol. The maximum atomic E-state index is 10.9. The van der Waals surface area contributed by atoms with Crippen molar-refractivity contribution < 1.29 is 18.1 Å². The average Bonchev–Trinajstić information content (AvgIpc) is 2.15. The van der Waals surface area contributed by atoms with E-state index in [-0.39, 0.29) is 10.6 Å². The molecule has 0 aliphatic heterocycles. The lowest BCUT2D eigenvalue weighted by atomic mass is 10.1. The Morgan fingerprint density at radius 1 is 1.38 bits per heavy atom. The number of hydrogen-bond donors (Lipinski definition) is 2. The third-order valence-electron chi connectivity index (χ3n) is 2.04. The second kappa shape index (κ2) is 4.51. The van der Waals surface area contributed by atoms with Crippen molar-refractivity contribution in [3.05, 3.63) is 42.0 Å². The molecule has 2 N–H and O–H groups in total. The first-order valence-corrected chi connectivity index (χ1v) is 5.90. The van der Waals surface area contributed by atoms with Crippen LogP contribution >= 0.6 is 0 Å². The molecule has 0 spiro atoms. The lowest BCUT2D eigenvalue weighted by molar-refractivity contribution is 0.464. The molecule has 0 amide bonds. The van der Waals surface area contributed by atoms with Crippen molar-refractivity contribution in [2.45, 2.75) is 11.8 Å². The van der Waals surface area contributed by atoms with Crippen molar-refractivity contribution in [2.24, 2.45) is 0 Å². The molecular formula is C11H12O4S. The monoisotopic (exact) mass is 240 g/mol. The maximum absolute atomic E-state index is 10.9. The zero-order valence-corrected chi connectivity index (χ0v) is 9.53. The molecule has 86 valence electrons. The molecule has 0 aliphatic rings. The molecule has 0 radical (unpaired) electrons. The lowest BCUT2D eigenvalue weighted by Crippen LogP contribution is -1.99. The molecule has 0 atom stereocenters. The van der Waals surface area contributed by atoms with E-state index in [1.807, 2.05) is 0 Å². The molecule has 4 nitrogen and oxygen atoms in total. The van der Waals surface area contributed by atoms with E-state index in [1.165, 1.54) is 12.1 Å². The molecule has 0 heterocycles. The van der Waals surface area contributed by atoms with Crippen LogP contribution < -0.4 is 0 Å². The Morgan fingerprint density at radius 3 is 2.44 bits per heavy atom. The van der Waals surface area contributed by atoms with Gasteiger partial charge in [0.25, 0.3) is 10.1 Å². The van der Waals surface area contributed by atoms with E-state index >= 15 is 0 Å². The summed E-state index contributed by atoms with van der Waals surface area (Å²) in [7, 11) is -4.29. The molecule has 5 heteroatoms. The molecule has 0 unspecified atom stereocenters. The topological polar surface area (TPSA) is 74.6 Å². The Balaban J connectivity index is 3.39. The molecule has 0 saturated heterocycles. The highest BCUT2D eigenvalue weighted by Gasteiger charge is 2.13. The van der Waals surface area contributed by atoms with E-state index < -0.39 is 10.1 Å². The number of phenolic OH excluding ortho intramolecular Hbond substituents is 1. The van der Waals surface area contributed by atoms with Crippen LogP contribution in [0.25, 0.3) is 6.08 Å². The highest BCUT2D eigenvalue weighted by Crippen LogP contribution is 2.26. The van der Waals surface area contributed by atoms with E-state index in [4.69, 9.17) is 4.55 Å². The number of benzene rings is 1. The van der Waals surface area contributed by atoms with Crippen molar-refractivity contribution in [1.82, 2.24) is 0 Å². The van der Waals surface area contributed by atoms with Gasteiger partial charge in [0.1, 0.15) is 5.75 Å². The molecule has 1 aromatic carbocycles. The third-order valence-corrected chi connectivity index (χ3v) is 2.87. The number of phenols is 1.